The van der Waals surface area contributed by atoms with Gasteiger partial charge in [-0.15, -0.1) is 5.69 Å². The topological polar surface area (TPSA) is 44.0 Å². The standard InChI is InChI=1S/C20H14NO.Ac/c21-17-11-9-13-5-1-3-7-15(13)19(17)20-16-8-4-2-6-14(16)10-12-18(20)22;/h1-12,21-22H;/q-1;. The molecule has 0 saturated heterocycles. The summed E-state index contributed by atoms with van der Waals surface area (Å²) in [4.78, 5) is 0. The summed E-state index contributed by atoms with van der Waals surface area (Å²) in [7, 11) is 0. The number of hydrogen-bond acceptors (Lipinski definition) is 1. The third-order valence-corrected chi connectivity index (χ3v) is 4.09. The molecule has 0 spiro atoms. The number of aromatic hydroxyl groups is 1. The third-order valence-electron chi connectivity index (χ3n) is 4.09. The second kappa shape index (κ2) is 6.51. The number of rotatable bonds is 1. The number of nitrogens with one attached hydrogen (secondary N) is 1. The number of hydrogen-bond donors (Lipinski definition) is 1. The minimum absolute atomic E-state index is 0. The van der Waals surface area contributed by atoms with Gasteiger partial charge in [0.2, 0.25) is 0 Å². The molecule has 0 aliphatic heterocycles. The largest absolute Gasteiger partial charge is 0.698 e. The normalized spacial score (nSPS) is 10.6. The summed E-state index contributed by atoms with van der Waals surface area (Å²) in [5.74, 6) is 0.212. The Labute approximate surface area is 170 Å². The Balaban J connectivity index is 0.00000156. The van der Waals surface area contributed by atoms with Crippen molar-refractivity contribution in [3.05, 3.63) is 78.5 Å². The van der Waals surface area contributed by atoms with E-state index in [2.05, 4.69) is 0 Å². The molecular formula is C20H14AcNO-. The Bertz CT molecular complexity index is 927. The van der Waals surface area contributed by atoms with E-state index in [4.69, 9.17) is 5.73 Å². The van der Waals surface area contributed by atoms with E-state index in [1.807, 2.05) is 60.7 Å². The van der Waals surface area contributed by atoms with Crippen LogP contribution in [-0.2, 0) is 0 Å². The van der Waals surface area contributed by atoms with Crippen LogP contribution in [0.25, 0.3) is 38.4 Å². The fourth-order valence-corrected chi connectivity index (χ4v) is 3.06. The summed E-state index contributed by atoms with van der Waals surface area (Å²) in [6.45, 7) is 0. The minimum Gasteiger partial charge on any atom is -0.698 e. The number of phenols is 1. The van der Waals surface area contributed by atoms with Crippen molar-refractivity contribution in [2.75, 3.05) is 0 Å². The van der Waals surface area contributed by atoms with E-state index in [-0.39, 0.29) is 49.8 Å². The van der Waals surface area contributed by atoms with Crippen LogP contribution in [0.1, 0.15) is 0 Å². The first-order valence-electron chi connectivity index (χ1n) is 7.20. The molecule has 4 aromatic rings. The molecule has 0 atom stereocenters. The Kier molecular flexibility index (Phi) is 4.62. The molecule has 2 nitrogen and oxygen atoms in total. The number of fused-ring (bicyclic) bond motifs is 2. The minimum atomic E-state index is 0. The molecule has 2 N–H and O–H groups in total. The molecule has 1 radical (unpaired) electrons. The van der Waals surface area contributed by atoms with E-state index < -0.39 is 0 Å². The molecule has 4 rings (SSSR count). The summed E-state index contributed by atoms with van der Waals surface area (Å²) in [6.07, 6.45) is 0. The Morgan fingerprint density at radius 1 is 0.609 bits per heavy atom. The molecular weight excluding hydrogens is 497 g/mol. The van der Waals surface area contributed by atoms with Gasteiger partial charge >= 0.3 is 0 Å². The van der Waals surface area contributed by atoms with Gasteiger partial charge in [-0.2, -0.15) is 0 Å². The van der Waals surface area contributed by atoms with Gasteiger partial charge in [0.05, 0.1) is 0 Å². The van der Waals surface area contributed by atoms with Gasteiger partial charge < -0.3 is 10.8 Å². The summed E-state index contributed by atoms with van der Waals surface area (Å²) in [6, 6.07) is 23.3. The number of phenolic OH excluding ortho intramolecular Hbond substituents is 1. The van der Waals surface area contributed by atoms with Gasteiger partial charge in [0.15, 0.2) is 0 Å². The van der Waals surface area contributed by atoms with Crippen LogP contribution in [0, 0.1) is 44.1 Å². The summed E-state index contributed by atoms with van der Waals surface area (Å²) in [5.41, 5.74) is 10.3. The van der Waals surface area contributed by atoms with Crippen LogP contribution in [-0.4, -0.2) is 5.11 Å². The summed E-state index contributed by atoms with van der Waals surface area (Å²) < 4.78 is 0. The van der Waals surface area contributed by atoms with Crippen molar-refractivity contribution in [3.8, 4) is 16.9 Å². The van der Waals surface area contributed by atoms with E-state index in [1.165, 1.54) is 0 Å². The van der Waals surface area contributed by atoms with Gasteiger partial charge in [-0.1, -0.05) is 66.7 Å². The van der Waals surface area contributed by atoms with Crippen molar-refractivity contribution in [1.29, 1.82) is 0 Å². The summed E-state index contributed by atoms with van der Waals surface area (Å²) in [5, 5.41) is 14.5. The zero-order chi connectivity index (χ0) is 15.1. The average Bonchev–Trinajstić information content (AvgIpc) is 2.56. The van der Waals surface area contributed by atoms with Crippen LogP contribution in [0.15, 0.2) is 72.8 Å². The maximum Gasteiger partial charge on any atom is 0.124 e. The van der Waals surface area contributed by atoms with Crippen LogP contribution in [0.4, 0.5) is 5.69 Å². The van der Waals surface area contributed by atoms with Crippen LogP contribution < -0.4 is 0 Å². The molecule has 4 aromatic carbocycles. The van der Waals surface area contributed by atoms with Gasteiger partial charge in [0.25, 0.3) is 0 Å². The van der Waals surface area contributed by atoms with Crippen molar-refractivity contribution >= 4 is 27.2 Å². The van der Waals surface area contributed by atoms with Gasteiger partial charge in [0, 0.05) is 49.6 Å². The zero-order valence-electron chi connectivity index (χ0n) is 12.5. The smallest absolute Gasteiger partial charge is 0.124 e. The maximum absolute atomic E-state index is 10.5. The molecule has 0 fully saturated rings. The van der Waals surface area contributed by atoms with Gasteiger partial charge in [-0.3, -0.25) is 0 Å². The first-order chi connectivity index (χ1) is 10.8. The van der Waals surface area contributed by atoms with Crippen LogP contribution in [0.5, 0.6) is 5.75 Å². The van der Waals surface area contributed by atoms with Gasteiger partial charge in [-0.25, -0.2) is 0 Å². The Hall–Kier alpha value is -1.56. The molecule has 109 valence electrons. The maximum atomic E-state index is 10.5. The number of benzene rings is 4. The zero-order valence-corrected chi connectivity index (χ0v) is 17.2. The molecule has 0 unspecified atom stereocenters. The molecule has 0 aliphatic rings. The van der Waals surface area contributed by atoms with Crippen molar-refractivity contribution in [3.63, 3.8) is 0 Å². The predicted molar refractivity (Wildman–Crippen MR) is 92.5 cm³/mol. The van der Waals surface area contributed by atoms with Crippen molar-refractivity contribution in [1.82, 2.24) is 0 Å². The first kappa shape index (κ1) is 16.3. The predicted octanol–water partition coefficient (Wildman–Crippen LogP) is 6.05. The molecule has 3 heteroatoms. The second-order valence-corrected chi connectivity index (χ2v) is 5.39. The van der Waals surface area contributed by atoms with Crippen LogP contribution in [0.2, 0.25) is 0 Å². The summed E-state index contributed by atoms with van der Waals surface area (Å²) >= 11 is 0. The van der Waals surface area contributed by atoms with Crippen molar-refractivity contribution in [2.24, 2.45) is 0 Å². The van der Waals surface area contributed by atoms with E-state index >= 15 is 0 Å². The molecule has 0 aliphatic carbocycles. The van der Waals surface area contributed by atoms with E-state index in [1.54, 1.807) is 12.1 Å². The molecule has 0 amide bonds. The second-order valence-electron chi connectivity index (χ2n) is 5.39. The average molecular weight is 511 g/mol. The van der Waals surface area contributed by atoms with Crippen LogP contribution >= 0.6 is 0 Å². The monoisotopic (exact) mass is 511 g/mol. The quantitative estimate of drug-likeness (QED) is 0.332. The molecule has 0 heterocycles. The van der Waals surface area contributed by atoms with E-state index in [0.29, 0.717) is 5.69 Å². The Morgan fingerprint density at radius 3 is 1.78 bits per heavy atom. The molecule has 0 saturated carbocycles. The van der Waals surface area contributed by atoms with Crippen LogP contribution in [0.3, 0.4) is 0 Å². The first-order valence-corrected chi connectivity index (χ1v) is 7.20. The van der Waals surface area contributed by atoms with E-state index in [0.717, 1.165) is 32.7 Å². The van der Waals surface area contributed by atoms with Crippen molar-refractivity contribution < 1.29 is 49.2 Å². The molecule has 23 heavy (non-hydrogen) atoms. The van der Waals surface area contributed by atoms with E-state index in [9.17, 15) is 5.11 Å². The third kappa shape index (κ3) is 2.73. The van der Waals surface area contributed by atoms with Gasteiger partial charge in [0.1, 0.15) is 5.75 Å². The Morgan fingerprint density at radius 2 is 1.13 bits per heavy atom. The fraction of sp³-hybridized carbons (Fsp3) is 0. The molecule has 0 aromatic heterocycles. The SMILES string of the molecule is [Ac].[NH-]c1ccc2ccccc2c1-c1c(O)ccc2ccccc12. The van der Waals surface area contributed by atoms with Crippen molar-refractivity contribution in [2.45, 2.75) is 0 Å². The molecule has 0 bridgehead atoms. The van der Waals surface area contributed by atoms with Gasteiger partial charge in [-0.05, 0) is 33.2 Å². The fourth-order valence-electron chi connectivity index (χ4n) is 3.06.